The number of rotatable bonds is 7. The van der Waals surface area contributed by atoms with Crippen LogP contribution in [0.3, 0.4) is 0 Å². The van der Waals surface area contributed by atoms with Crippen LogP contribution in [-0.4, -0.2) is 56.0 Å². The van der Waals surface area contributed by atoms with Gasteiger partial charge in [-0.3, -0.25) is 14.7 Å². The summed E-state index contributed by atoms with van der Waals surface area (Å²) in [5.41, 5.74) is 4.72. The third kappa shape index (κ3) is 6.93. The number of fused-ring (bicyclic) bond motifs is 1. The Morgan fingerprint density at radius 2 is 1.84 bits per heavy atom. The van der Waals surface area contributed by atoms with Gasteiger partial charge < -0.3 is 16.0 Å². The summed E-state index contributed by atoms with van der Waals surface area (Å²) < 4.78 is 0. The highest BCUT2D eigenvalue weighted by atomic mass is 127. The Balaban J connectivity index is 0.00000363. The van der Waals surface area contributed by atoms with Gasteiger partial charge in [-0.2, -0.15) is 0 Å². The lowest BCUT2D eigenvalue weighted by Crippen LogP contribution is -2.54. The number of hydrogen-bond acceptors (Lipinski definition) is 3. The molecule has 1 heterocycles. The Hall–Kier alpha value is -2.13. The number of carbonyl (C=O) groups excluding carboxylic acids is 1. The van der Waals surface area contributed by atoms with Crippen molar-refractivity contribution in [2.45, 2.75) is 38.8 Å². The maximum absolute atomic E-state index is 11.8. The summed E-state index contributed by atoms with van der Waals surface area (Å²) >= 11 is 0. The first-order valence-corrected chi connectivity index (χ1v) is 11.0. The molecule has 0 fully saturated rings. The first-order valence-electron chi connectivity index (χ1n) is 11.0. The Labute approximate surface area is 209 Å². The van der Waals surface area contributed by atoms with E-state index < -0.39 is 0 Å². The number of amides is 1. The van der Waals surface area contributed by atoms with Gasteiger partial charge in [-0.1, -0.05) is 36.4 Å². The molecule has 0 saturated heterocycles. The van der Waals surface area contributed by atoms with Gasteiger partial charge >= 0.3 is 0 Å². The van der Waals surface area contributed by atoms with Gasteiger partial charge in [0.05, 0.1) is 0 Å². The van der Waals surface area contributed by atoms with Crippen molar-refractivity contribution in [1.82, 2.24) is 20.9 Å². The lowest BCUT2D eigenvalue weighted by atomic mass is 9.94. The van der Waals surface area contributed by atoms with E-state index in [4.69, 9.17) is 0 Å². The zero-order chi connectivity index (χ0) is 22.3. The highest BCUT2D eigenvalue weighted by Gasteiger charge is 2.29. The van der Waals surface area contributed by atoms with Crippen LogP contribution < -0.4 is 16.0 Å². The molecule has 2 aromatic carbocycles. The predicted molar refractivity (Wildman–Crippen MR) is 143 cm³/mol. The van der Waals surface area contributed by atoms with Crippen LogP contribution in [0.25, 0.3) is 0 Å². The summed E-state index contributed by atoms with van der Waals surface area (Å²) in [5, 5.41) is 9.55. The largest absolute Gasteiger partial charge is 0.356 e. The Bertz CT molecular complexity index is 928. The van der Waals surface area contributed by atoms with Crippen LogP contribution in [0.4, 0.5) is 0 Å². The molecule has 3 N–H and O–H groups in total. The monoisotopic (exact) mass is 549 g/mol. The van der Waals surface area contributed by atoms with Gasteiger partial charge in [0, 0.05) is 51.4 Å². The van der Waals surface area contributed by atoms with Crippen molar-refractivity contribution in [3.05, 3.63) is 70.8 Å². The molecule has 0 saturated carbocycles. The molecule has 0 aliphatic carbocycles. The standard InChI is InChI=1S/C25H35N5O.HI/c1-25(2,30-15-13-20-9-5-6-10-22(20)17-30)18-29-24(27-4)28-14-12-19-8-7-11-21(16-19)23(31)26-3;/h5-11,16H,12-15,17-18H2,1-4H3,(H,26,31)(H2,27,28,29);1H. The fraction of sp³-hybridized carbons (Fsp3) is 0.440. The topological polar surface area (TPSA) is 68.8 Å². The first kappa shape index (κ1) is 26.1. The van der Waals surface area contributed by atoms with Gasteiger partial charge in [0.15, 0.2) is 5.96 Å². The number of nitrogens with zero attached hydrogens (tertiary/aromatic N) is 2. The Morgan fingerprint density at radius 1 is 1.09 bits per heavy atom. The molecule has 2 aromatic rings. The van der Waals surface area contributed by atoms with Crippen LogP contribution in [0.2, 0.25) is 0 Å². The van der Waals surface area contributed by atoms with Gasteiger partial charge in [0.25, 0.3) is 5.91 Å². The molecule has 174 valence electrons. The van der Waals surface area contributed by atoms with E-state index in [1.807, 2.05) is 24.3 Å². The van der Waals surface area contributed by atoms with Gasteiger partial charge in [-0.15, -0.1) is 24.0 Å². The maximum Gasteiger partial charge on any atom is 0.251 e. The van der Waals surface area contributed by atoms with Crippen molar-refractivity contribution in [2.24, 2.45) is 4.99 Å². The SMILES string of the molecule is CN=C(NCCc1cccc(C(=O)NC)c1)NCC(C)(C)N1CCc2ccccc2C1.I. The van der Waals surface area contributed by atoms with Crippen molar-refractivity contribution < 1.29 is 4.79 Å². The lowest BCUT2D eigenvalue weighted by Gasteiger charge is -2.42. The summed E-state index contributed by atoms with van der Waals surface area (Å²) in [5.74, 6) is 0.739. The molecule has 0 spiro atoms. The normalized spacial score (nSPS) is 14.2. The summed E-state index contributed by atoms with van der Waals surface area (Å²) in [6, 6.07) is 16.5. The molecule has 0 bridgehead atoms. The minimum absolute atomic E-state index is 0. The average molecular weight is 550 g/mol. The summed E-state index contributed by atoms with van der Waals surface area (Å²) in [6.07, 6.45) is 1.92. The first-order chi connectivity index (χ1) is 14.9. The molecule has 0 atom stereocenters. The molecule has 0 aromatic heterocycles. The van der Waals surface area contributed by atoms with E-state index in [0.29, 0.717) is 5.56 Å². The second-order valence-corrected chi connectivity index (χ2v) is 8.63. The second-order valence-electron chi connectivity index (χ2n) is 8.63. The molecule has 0 radical (unpaired) electrons. The number of benzene rings is 2. The minimum Gasteiger partial charge on any atom is -0.356 e. The van der Waals surface area contributed by atoms with Crippen molar-refractivity contribution in [3.8, 4) is 0 Å². The number of aliphatic imine (C=N–C) groups is 1. The number of carbonyl (C=O) groups is 1. The molecule has 32 heavy (non-hydrogen) atoms. The molecule has 0 unspecified atom stereocenters. The summed E-state index contributed by atoms with van der Waals surface area (Å²) in [7, 11) is 3.45. The third-order valence-electron chi connectivity index (χ3n) is 6.02. The van der Waals surface area contributed by atoms with E-state index in [1.165, 1.54) is 11.1 Å². The molecule has 1 aliphatic rings. The predicted octanol–water partition coefficient (Wildman–Crippen LogP) is 3.21. The van der Waals surface area contributed by atoms with Gasteiger partial charge in [0.2, 0.25) is 0 Å². The van der Waals surface area contributed by atoms with E-state index in [0.717, 1.165) is 50.5 Å². The average Bonchev–Trinajstić information content (AvgIpc) is 2.80. The van der Waals surface area contributed by atoms with Gasteiger partial charge in [-0.25, -0.2) is 0 Å². The smallest absolute Gasteiger partial charge is 0.251 e. The summed E-state index contributed by atoms with van der Waals surface area (Å²) in [6.45, 7) is 8.17. The fourth-order valence-electron chi connectivity index (χ4n) is 3.98. The Kier molecular flexibility index (Phi) is 9.96. The maximum atomic E-state index is 11.8. The second kappa shape index (κ2) is 12.2. The van der Waals surface area contributed by atoms with Crippen LogP contribution in [-0.2, 0) is 19.4 Å². The van der Waals surface area contributed by atoms with E-state index in [-0.39, 0.29) is 35.4 Å². The van der Waals surface area contributed by atoms with Crippen LogP contribution in [0.5, 0.6) is 0 Å². The molecule has 7 heteroatoms. The number of nitrogens with one attached hydrogen (secondary N) is 3. The molecule has 6 nitrogen and oxygen atoms in total. The van der Waals surface area contributed by atoms with E-state index in [1.54, 1.807) is 14.1 Å². The number of hydrogen-bond donors (Lipinski definition) is 3. The highest BCUT2D eigenvalue weighted by Crippen LogP contribution is 2.24. The van der Waals surface area contributed by atoms with Crippen LogP contribution in [0, 0.1) is 0 Å². The van der Waals surface area contributed by atoms with Crippen LogP contribution in [0.1, 0.15) is 40.9 Å². The fourth-order valence-corrected chi connectivity index (χ4v) is 3.98. The number of halogens is 1. The molecule has 1 amide bonds. The van der Waals surface area contributed by atoms with E-state index >= 15 is 0 Å². The van der Waals surface area contributed by atoms with Crippen molar-refractivity contribution in [3.63, 3.8) is 0 Å². The quantitative estimate of drug-likeness (QED) is 0.282. The van der Waals surface area contributed by atoms with Crippen LogP contribution >= 0.6 is 24.0 Å². The van der Waals surface area contributed by atoms with E-state index in [9.17, 15) is 4.79 Å². The van der Waals surface area contributed by atoms with Gasteiger partial charge in [0.1, 0.15) is 0 Å². The summed E-state index contributed by atoms with van der Waals surface area (Å²) in [4.78, 5) is 18.7. The van der Waals surface area contributed by atoms with E-state index in [2.05, 4.69) is 64.0 Å². The zero-order valence-electron chi connectivity index (χ0n) is 19.6. The van der Waals surface area contributed by atoms with Crippen LogP contribution in [0.15, 0.2) is 53.5 Å². The number of guanidine groups is 1. The molecule has 3 rings (SSSR count). The lowest BCUT2D eigenvalue weighted by molar-refractivity contribution is 0.0963. The minimum atomic E-state index is -0.0603. The van der Waals surface area contributed by atoms with Crippen molar-refractivity contribution in [2.75, 3.05) is 33.7 Å². The molecule has 1 aliphatic heterocycles. The molecular weight excluding hydrogens is 513 g/mol. The van der Waals surface area contributed by atoms with Crippen molar-refractivity contribution in [1.29, 1.82) is 0 Å². The van der Waals surface area contributed by atoms with Gasteiger partial charge in [-0.05, 0) is 55.5 Å². The molecular formula is C25H36IN5O. The Morgan fingerprint density at radius 3 is 2.56 bits per heavy atom. The van der Waals surface area contributed by atoms with Crippen molar-refractivity contribution >= 4 is 35.8 Å². The highest BCUT2D eigenvalue weighted by molar-refractivity contribution is 14.0. The third-order valence-corrected chi connectivity index (χ3v) is 6.02. The zero-order valence-corrected chi connectivity index (χ0v) is 21.9.